The lowest BCUT2D eigenvalue weighted by atomic mass is 10.0. The van der Waals surface area contributed by atoms with Gasteiger partial charge in [0, 0.05) is 10.6 Å². The molecular formula is C12H6Cl2FNO2. The maximum Gasteiger partial charge on any atom is 0.280 e. The second kappa shape index (κ2) is 4.92. The summed E-state index contributed by atoms with van der Waals surface area (Å²) in [6.45, 7) is 0. The topological polar surface area (TPSA) is 43.1 Å². The van der Waals surface area contributed by atoms with Crippen LogP contribution in [-0.2, 0) is 0 Å². The Kier molecular flexibility index (Phi) is 3.50. The number of nitro benzene ring substituents is 1. The fourth-order valence-electron chi connectivity index (χ4n) is 1.59. The van der Waals surface area contributed by atoms with Gasteiger partial charge in [-0.25, -0.2) is 4.39 Å². The Morgan fingerprint density at radius 3 is 2.33 bits per heavy atom. The van der Waals surface area contributed by atoms with Gasteiger partial charge in [-0.05, 0) is 24.3 Å². The van der Waals surface area contributed by atoms with Crippen molar-refractivity contribution >= 4 is 28.9 Å². The maximum absolute atomic E-state index is 13.0. The van der Waals surface area contributed by atoms with Gasteiger partial charge in [0.15, 0.2) is 0 Å². The lowest BCUT2D eigenvalue weighted by Crippen LogP contribution is -1.93. The fourth-order valence-corrected chi connectivity index (χ4v) is 2.10. The van der Waals surface area contributed by atoms with Crippen LogP contribution in [0.2, 0.25) is 10.0 Å². The molecule has 0 saturated heterocycles. The number of nitro groups is 1. The first-order valence-corrected chi connectivity index (χ1v) is 5.64. The molecule has 18 heavy (non-hydrogen) atoms. The van der Waals surface area contributed by atoms with Crippen molar-refractivity contribution in [2.75, 3.05) is 0 Å². The van der Waals surface area contributed by atoms with E-state index in [4.69, 9.17) is 23.2 Å². The number of benzene rings is 2. The second-order valence-corrected chi connectivity index (χ2v) is 4.39. The van der Waals surface area contributed by atoms with E-state index in [1.165, 1.54) is 12.1 Å². The molecule has 0 unspecified atom stereocenters. The van der Waals surface area contributed by atoms with Crippen molar-refractivity contribution in [3.05, 3.63) is 62.4 Å². The molecule has 0 aliphatic heterocycles. The van der Waals surface area contributed by atoms with E-state index in [1.54, 1.807) is 12.1 Å². The Labute approximate surface area is 112 Å². The zero-order chi connectivity index (χ0) is 13.3. The molecule has 2 rings (SSSR count). The molecule has 0 bridgehead atoms. The third kappa shape index (κ3) is 2.44. The summed E-state index contributed by atoms with van der Waals surface area (Å²) in [5.74, 6) is -0.671. The molecule has 0 aliphatic carbocycles. The van der Waals surface area contributed by atoms with Gasteiger partial charge < -0.3 is 0 Å². The van der Waals surface area contributed by atoms with E-state index in [0.29, 0.717) is 10.6 Å². The first-order chi connectivity index (χ1) is 8.49. The van der Waals surface area contributed by atoms with Gasteiger partial charge in [0.05, 0.1) is 21.6 Å². The molecule has 3 nitrogen and oxygen atoms in total. The largest absolute Gasteiger partial charge is 0.280 e. The Bertz CT molecular complexity index is 631. The van der Waals surface area contributed by atoms with E-state index in [2.05, 4.69) is 0 Å². The highest BCUT2D eigenvalue weighted by atomic mass is 35.5. The van der Waals surface area contributed by atoms with Crippen LogP contribution in [0, 0.1) is 15.9 Å². The number of halogens is 3. The van der Waals surface area contributed by atoms with Gasteiger partial charge in [-0.3, -0.25) is 10.1 Å². The van der Waals surface area contributed by atoms with Gasteiger partial charge in [-0.1, -0.05) is 29.3 Å². The zero-order valence-electron chi connectivity index (χ0n) is 8.86. The predicted octanol–water partition coefficient (Wildman–Crippen LogP) is 4.71. The second-order valence-electron chi connectivity index (χ2n) is 3.54. The SMILES string of the molecule is O=[N+]([O-])c1cc(F)ccc1-c1ccc(Cl)cc1Cl. The lowest BCUT2D eigenvalue weighted by molar-refractivity contribution is -0.384. The minimum absolute atomic E-state index is 0.253. The summed E-state index contributed by atoms with van der Waals surface area (Å²) in [5, 5.41) is 11.6. The van der Waals surface area contributed by atoms with Crippen molar-refractivity contribution in [1.29, 1.82) is 0 Å². The van der Waals surface area contributed by atoms with E-state index < -0.39 is 10.7 Å². The summed E-state index contributed by atoms with van der Waals surface area (Å²) >= 11 is 11.7. The van der Waals surface area contributed by atoms with E-state index in [-0.39, 0.29) is 16.3 Å². The monoisotopic (exact) mass is 285 g/mol. The lowest BCUT2D eigenvalue weighted by Gasteiger charge is -2.06. The van der Waals surface area contributed by atoms with Crippen LogP contribution in [0.25, 0.3) is 11.1 Å². The number of rotatable bonds is 2. The van der Waals surface area contributed by atoms with Crippen LogP contribution >= 0.6 is 23.2 Å². The van der Waals surface area contributed by atoms with Gasteiger partial charge in [0.1, 0.15) is 5.82 Å². The number of hydrogen-bond acceptors (Lipinski definition) is 2. The van der Waals surface area contributed by atoms with Crippen molar-refractivity contribution < 1.29 is 9.31 Å². The standard InChI is InChI=1S/C12H6Cl2FNO2/c13-7-1-3-9(11(14)5-7)10-4-2-8(15)6-12(10)16(17)18/h1-6H. The minimum Gasteiger partial charge on any atom is -0.258 e. The fraction of sp³-hybridized carbons (Fsp3) is 0. The van der Waals surface area contributed by atoms with Crippen molar-refractivity contribution in [1.82, 2.24) is 0 Å². The molecule has 0 aromatic heterocycles. The molecule has 0 atom stereocenters. The van der Waals surface area contributed by atoms with Crippen LogP contribution in [0.3, 0.4) is 0 Å². The Morgan fingerprint density at radius 1 is 1.06 bits per heavy atom. The summed E-state index contributed by atoms with van der Waals surface area (Å²) in [6.07, 6.45) is 0. The molecular weight excluding hydrogens is 280 g/mol. The van der Waals surface area contributed by atoms with E-state index in [9.17, 15) is 14.5 Å². The highest BCUT2D eigenvalue weighted by molar-refractivity contribution is 6.36. The van der Waals surface area contributed by atoms with E-state index in [1.807, 2.05) is 0 Å². The van der Waals surface area contributed by atoms with Crippen LogP contribution < -0.4 is 0 Å². The molecule has 2 aromatic carbocycles. The van der Waals surface area contributed by atoms with Gasteiger partial charge in [-0.2, -0.15) is 0 Å². The molecule has 0 N–H and O–H groups in total. The quantitative estimate of drug-likeness (QED) is 0.592. The van der Waals surface area contributed by atoms with Crippen LogP contribution in [0.15, 0.2) is 36.4 Å². The molecule has 0 radical (unpaired) electrons. The molecule has 92 valence electrons. The van der Waals surface area contributed by atoms with Gasteiger partial charge >= 0.3 is 0 Å². The molecule has 0 spiro atoms. The first-order valence-electron chi connectivity index (χ1n) is 4.88. The van der Waals surface area contributed by atoms with Crippen LogP contribution in [0.1, 0.15) is 0 Å². The molecule has 0 aliphatic rings. The Balaban J connectivity index is 2.67. The molecule has 0 heterocycles. The molecule has 0 amide bonds. The van der Waals surface area contributed by atoms with E-state index >= 15 is 0 Å². The van der Waals surface area contributed by atoms with Gasteiger partial charge in [0.2, 0.25) is 0 Å². The molecule has 0 saturated carbocycles. The van der Waals surface area contributed by atoms with Gasteiger partial charge in [-0.15, -0.1) is 0 Å². The smallest absolute Gasteiger partial charge is 0.258 e. The summed E-state index contributed by atoms with van der Waals surface area (Å²) in [4.78, 5) is 10.2. The average Bonchev–Trinajstić information content (AvgIpc) is 2.29. The maximum atomic E-state index is 13.0. The molecule has 6 heteroatoms. The first kappa shape index (κ1) is 12.8. The third-order valence-electron chi connectivity index (χ3n) is 2.38. The van der Waals surface area contributed by atoms with E-state index in [0.717, 1.165) is 12.1 Å². The average molecular weight is 286 g/mol. The van der Waals surface area contributed by atoms with Crippen molar-refractivity contribution in [3.8, 4) is 11.1 Å². The van der Waals surface area contributed by atoms with Crippen molar-refractivity contribution in [2.45, 2.75) is 0 Å². The minimum atomic E-state index is -0.671. The van der Waals surface area contributed by atoms with Crippen molar-refractivity contribution in [2.24, 2.45) is 0 Å². The normalized spacial score (nSPS) is 10.4. The van der Waals surface area contributed by atoms with Crippen LogP contribution in [0.5, 0.6) is 0 Å². The summed E-state index contributed by atoms with van der Waals surface area (Å²) in [7, 11) is 0. The number of nitrogens with zero attached hydrogens (tertiary/aromatic N) is 1. The van der Waals surface area contributed by atoms with Crippen LogP contribution in [0.4, 0.5) is 10.1 Å². The van der Waals surface area contributed by atoms with Gasteiger partial charge in [0.25, 0.3) is 5.69 Å². The predicted molar refractivity (Wildman–Crippen MR) is 68.5 cm³/mol. The highest BCUT2D eigenvalue weighted by Gasteiger charge is 2.18. The molecule has 2 aromatic rings. The molecule has 0 fully saturated rings. The van der Waals surface area contributed by atoms with Crippen molar-refractivity contribution in [3.63, 3.8) is 0 Å². The van der Waals surface area contributed by atoms with Crippen LogP contribution in [-0.4, -0.2) is 4.92 Å². The highest BCUT2D eigenvalue weighted by Crippen LogP contribution is 2.36. The summed E-state index contributed by atoms with van der Waals surface area (Å²) < 4.78 is 13.0. The zero-order valence-corrected chi connectivity index (χ0v) is 10.4. The third-order valence-corrected chi connectivity index (χ3v) is 2.93. The Hall–Kier alpha value is -1.65. The summed E-state index contributed by atoms with van der Waals surface area (Å²) in [5.41, 5.74) is 0.357. The number of hydrogen-bond donors (Lipinski definition) is 0. The summed E-state index contributed by atoms with van der Waals surface area (Å²) in [6, 6.07) is 7.93. The Morgan fingerprint density at radius 2 is 1.72 bits per heavy atom.